The number of phenolic OH excluding ortho intramolecular Hbond substituents is 1. The Morgan fingerprint density at radius 2 is 1.82 bits per heavy atom. The maximum atomic E-state index is 14.1. The molecule has 5 aromatic rings. The second-order valence-electron chi connectivity index (χ2n) is 9.59. The van der Waals surface area contributed by atoms with Gasteiger partial charge in [0.15, 0.2) is 21.4 Å². The molecule has 0 spiro atoms. The van der Waals surface area contributed by atoms with Gasteiger partial charge in [-0.1, -0.05) is 0 Å². The highest BCUT2D eigenvalue weighted by atomic mass is 32.2. The maximum Gasteiger partial charge on any atom is 0.451 e. The zero-order valence-corrected chi connectivity index (χ0v) is 22.2. The molecule has 3 aromatic heterocycles. The fraction of sp³-hybridized carbons (Fsp3) is 0.231. The summed E-state index contributed by atoms with van der Waals surface area (Å²) in [6.07, 6.45) is -0.110. The zero-order valence-electron chi connectivity index (χ0n) is 20.5. The van der Waals surface area contributed by atoms with Crippen LogP contribution in [0.4, 0.5) is 17.6 Å². The first-order chi connectivity index (χ1) is 18.8. The van der Waals surface area contributed by atoms with E-state index < -0.39 is 39.0 Å². The van der Waals surface area contributed by atoms with Crippen molar-refractivity contribution < 1.29 is 31.1 Å². The third-order valence-corrected chi connectivity index (χ3v) is 8.91. The third-order valence-electron chi connectivity index (χ3n) is 6.70. The highest BCUT2D eigenvalue weighted by Gasteiger charge is 2.34. The molecule has 1 saturated carbocycles. The topological polar surface area (TPSA) is 115 Å². The average molecular weight is 591 g/mol. The lowest BCUT2D eigenvalue weighted by molar-refractivity contribution is -0.145. The van der Waals surface area contributed by atoms with Crippen molar-refractivity contribution in [3.8, 4) is 17.1 Å². The monoisotopic (exact) mass is 590 g/mol. The number of fused-ring (bicyclic) bond motifs is 3. The molecule has 1 N–H and O–H groups in total. The van der Waals surface area contributed by atoms with Crippen molar-refractivity contribution in [2.24, 2.45) is 0 Å². The minimum absolute atomic E-state index is 0.0349. The number of halogens is 4. The van der Waals surface area contributed by atoms with Crippen molar-refractivity contribution in [1.82, 2.24) is 19.5 Å². The Morgan fingerprint density at radius 1 is 1.12 bits per heavy atom. The Morgan fingerprint density at radius 3 is 2.45 bits per heavy atom. The molecule has 1 aliphatic rings. The molecule has 0 aliphatic heterocycles. The number of hydrogen-bond donors (Lipinski definition) is 1. The van der Waals surface area contributed by atoms with Gasteiger partial charge in [0.1, 0.15) is 10.7 Å². The minimum atomic E-state index is -4.74. The molecular formula is C26H18F4N4O4S2. The van der Waals surface area contributed by atoms with Gasteiger partial charge in [0.05, 0.1) is 21.5 Å². The Balaban J connectivity index is 1.62. The third kappa shape index (κ3) is 4.50. The lowest BCUT2D eigenvalue weighted by Crippen LogP contribution is -2.24. The van der Waals surface area contributed by atoms with Crippen molar-refractivity contribution in [3.63, 3.8) is 0 Å². The van der Waals surface area contributed by atoms with Gasteiger partial charge in [-0.25, -0.2) is 27.8 Å². The van der Waals surface area contributed by atoms with Crippen molar-refractivity contribution in [2.75, 3.05) is 6.26 Å². The predicted octanol–water partition coefficient (Wildman–Crippen LogP) is 5.26. The Bertz CT molecular complexity index is 2000. The molecule has 0 atom stereocenters. The lowest BCUT2D eigenvalue weighted by Gasteiger charge is -2.16. The number of thiophene rings is 1. The normalized spacial score (nSPS) is 14.3. The van der Waals surface area contributed by atoms with E-state index in [1.54, 1.807) is 12.1 Å². The fourth-order valence-electron chi connectivity index (χ4n) is 4.61. The predicted molar refractivity (Wildman–Crippen MR) is 140 cm³/mol. The molecule has 0 unspecified atom stereocenters. The molecule has 6 rings (SSSR count). The summed E-state index contributed by atoms with van der Waals surface area (Å²) in [5.74, 6) is -2.64. The van der Waals surface area contributed by atoms with Gasteiger partial charge >= 0.3 is 6.18 Å². The molecule has 8 nitrogen and oxygen atoms in total. The molecule has 1 aliphatic carbocycles. The number of alkyl halides is 3. The average Bonchev–Trinajstić information content (AvgIpc) is 3.67. The van der Waals surface area contributed by atoms with E-state index in [0.717, 1.165) is 48.9 Å². The maximum absolute atomic E-state index is 14.1. The van der Waals surface area contributed by atoms with Crippen LogP contribution in [0.5, 0.6) is 5.75 Å². The minimum Gasteiger partial charge on any atom is -0.504 e. The number of sulfone groups is 1. The number of rotatable bonds is 5. The smallest absolute Gasteiger partial charge is 0.451 e. The second kappa shape index (κ2) is 9.06. The first-order valence-electron chi connectivity index (χ1n) is 11.9. The molecule has 0 saturated heterocycles. The molecule has 0 radical (unpaired) electrons. The Labute approximate surface area is 227 Å². The lowest BCUT2D eigenvalue weighted by atomic mass is 10.0. The van der Waals surface area contributed by atoms with Gasteiger partial charge in [0, 0.05) is 35.2 Å². The van der Waals surface area contributed by atoms with E-state index in [1.165, 1.54) is 16.7 Å². The van der Waals surface area contributed by atoms with E-state index in [-0.39, 0.29) is 49.0 Å². The summed E-state index contributed by atoms with van der Waals surface area (Å²) in [4.78, 5) is 25.8. The molecule has 0 bridgehead atoms. The van der Waals surface area contributed by atoms with Gasteiger partial charge in [0.2, 0.25) is 5.82 Å². The number of aromatic hydroxyl groups is 1. The summed E-state index contributed by atoms with van der Waals surface area (Å²) in [7, 11) is -3.53. The van der Waals surface area contributed by atoms with Gasteiger partial charge in [0.25, 0.3) is 5.56 Å². The second-order valence-corrected chi connectivity index (χ2v) is 12.6. The Kier molecular flexibility index (Phi) is 5.96. The van der Waals surface area contributed by atoms with Crippen LogP contribution in [-0.2, 0) is 22.6 Å². The van der Waals surface area contributed by atoms with Gasteiger partial charge in [-0.3, -0.25) is 9.36 Å². The van der Waals surface area contributed by atoms with Crippen LogP contribution in [0.15, 0.2) is 52.4 Å². The molecule has 0 amide bonds. The van der Waals surface area contributed by atoms with Gasteiger partial charge in [-0.15, -0.1) is 11.3 Å². The Hall–Kier alpha value is -3.91. The van der Waals surface area contributed by atoms with Crippen molar-refractivity contribution >= 4 is 41.5 Å². The first kappa shape index (κ1) is 26.3. The molecule has 3 heterocycles. The summed E-state index contributed by atoms with van der Waals surface area (Å²) in [6.45, 7) is -0.252. The first-order valence-corrected chi connectivity index (χ1v) is 14.6. The van der Waals surface area contributed by atoms with E-state index in [1.807, 2.05) is 0 Å². The van der Waals surface area contributed by atoms with Crippen LogP contribution >= 0.6 is 11.3 Å². The number of nitrogens with zero attached hydrogens (tertiary/aromatic N) is 4. The van der Waals surface area contributed by atoms with E-state index in [4.69, 9.17) is 4.98 Å². The number of phenols is 1. The van der Waals surface area contributed by atoms with Gasteiger partial charge < -0.3 is 5.11 Å². The molecular weight excluding hydrogens is 572 g/mol. The quantitative estimate of drug-likeness (QED) is 0.278. The number of hydrogen-bond acceptors (Lipinski definition) is 8. The largest absolute Gasteiger partial charge is 0.504 e. The summed E-state index contributed by atoms with van der Waals surface area (Å²) in [5, 5.41) is 10.7. The molecule has 2 aromatic carbocycles. The van der Waals surface area contributed by atoms with Crippen LogP contribution in [0.1, 0.15) is 35.7 Å². The van der Waals surface area contributed by atoms with Gasteiger partial charge in [-0.05, 0) is 54.7 Å². The molecule has 206 valence electrons. The summed E-state index contributed by atoms with van der Waals surface area (Å²) >= 11 is 0.922. The highest BCUT2D eigenvalue weighted by Crippen LogP contribution is 2.45. The number of benzene rings is 2. The van der Waals surface area contributed by atoms with Crippen LogP contribution < -0.4 is 5.56 Å². The van der Waals surface area contributed by atoms with Crippen LogP contribution in [0, 0.1) is 5.82 Å². The van der Waals surface area contributed by atoms with E-state index in [2.05, 4.69) is 9.97 Å². The van der Waals surface area contributed by atoms with Gasteiger partial charge in [-0.2, -0.15) is 13.2 Å². The van der Waals surface area contributed by atoms with E-state index in [9.17, 15) is 35.9 Å². The van der Waals surface area contributed by atoms with E-state index >= 15 is 0 Å². The van der Waals surface area contributed by atoms with Crippen LogP contribution in [0.2, 0.25) is 0 Å². The van der Waals surface area contributed by atoms with Crippen molar-refractivity contribution in [3.05, 3.63) is 75.8 Å². The SMILES string of the molecule is CS(=O)(=O)c1ccc(-c2nc3sc4c(O)c(F)ccc4c3c(=O)n2Cc2cnc(C(F)(F)F)nc2)c(C2CC2)c1. The fourth-order valence-corrected chi connectivity index (χ4v) is 6.36. The molecule has 1 fully saturated rings. The van der Waals surface area contributed by atoms with Crippen LogP contribution in [-0.4, -0.2) is 39.3 Å². The molecule has 40 heavy (non-hydrogen) atoms. The summed E-state index contributed by atoms with van der Waals surface area (Å²) < 4.78 is 79.0. The highest BCUT2D eigenvalue weighted by molar-refractivity contribution is 7.90. The van der Waals surface area contributed by atoms with E-state index in [0.29, 0.717) is 11.1 Å². The molecule has 14 heteroatoms. The van der Waals surface area contributed by atoms with Crippen LogP contribution in [0.3, 0.4) is 0 Å². The standard InChI is InChI=1S/C26H18F4N4O4S2/c1-40(37,38)14-4-5-15(17(8-14)13-2-3-13)22-33-23-19(16-6-7-18(27)20(35)21(16)39-23)24(36)34(22)11-12-9-31-25(32-10-12)26(28,29)30/h4-10,13,35H,2-3,11H2,1H3. The number of aromatic nitrogens is 4. The van der Waals surface area contributed by atoms with Crippen LogP contribution in [0.25, 0.3) is 31.7 Å². The summed E-state index contributed by atoms with van der Waals surface area (Å²) in [6, 6.07) is 6.90. The van der Waals surface area contributed by atoms with Crippen molar-refractivity contribution in [1.29, 1.82) is 0 Å². The zero-order chi connectivity index (χ0) is 28.6. The summed E-state index contributed by atoms with van der Waals surface area (Å²) in [5.41, 5.74) is 0.758. The van der Waals surface area contributed by atoms with Crippen molar-refractivity contribution in [2.45, 2.75) is 36.4 Å².